The quantitative estimate of drug-likeness (QED) is 0.836. The van der Waals surface area contributed by atoms with Crippen LogP contribution >= 0.6 is 0 Å². The van der Waals surface area contributed by atoms with E-state index in [1.165, 1.54) is 7.11 Å². The van der Waals surface area contributed by atoms with E-state index in [1.807, 2.05) is 18.7 Å². The second-order valence-corrected chi connectivity index (χ2v) is 8.29. The summed E-state index contributed by atoms with van der Waals surface area (Å²) in [5, 5.41) is 0. The smallest absolute Gasteiger partial charge is 0.244 e. The number of amides is 1. The lowest BCUT2D eigenvalue weighted by Crippen LogP contribution is -2.47. The van der Waals surface area contributed by atoms with Crippen LogP contribution in [-0.2, 0) is 14.8 Å². The van der Waals surface area contributed by atoms with E-state index in [-0.39, 0.29) is 29.1 Å². The number of rotatable bonds is 6. The Balaban J connectivity index is 2.14. The minimum Gasteiger partial charge on any atom is -0.495 e. The zero-order valence-corrected chi connectivity index (χ0v) is 16.3. The molecule has 1 amide bonds. The predicted octanol–water partition coefficient (Wildman–Crippen LogP) is 2.38. The van der Waals surface area contributed by atoms with Crippen molar-refractivity contribution < 1.29 is 17.9 Å². The maximum atomic E-state index is 12.7. The van der Waals surface area contributed by atoms with E-state index in [9.17, 15) is 13.2 Å². The summed E-state index contributed by atoms with van der Waals surface area (Å²) in [7, 11) is -2.38. The van der Waals surface area contributed by atoms with Gasteiger partial charge in [0.15, 0.2) is 0 Å². The minimum atomic E-state index is -3.82. The zero-order valence-electron chi connectivity index (χ0n) is 15.5. The number of likely N-dealkylation sites (tertiary alicyclic amines) is 1. The first-order valence-electron chi connectivity index (χ1n) is 8.74. The summed E-state index contributed by atoms with van der Waals surface area (Å²) in [6.45, 7) is 6.27. The first kappa shape index (κ1) is 19.7. The van der Waals surface area contributed by atoms with Gasteiger partial charge in [-0.05, 0) is 62.8 Å². The second-order valence-electron chi connectivity index (χ2n) is 6.56. The van der Waals surface area contributed by atoms with Gasteiger partial charge in [-0.15, -0.1) is 0 Å². The van der Waals surface area contributed by atoms with Crippen molar-refractivity contribution in [3.05, 3.63) is 23.3 Å². The highest BCUT2D eigenvalue weighted by Gasteiger charge is 2.27. The van der Waals surface area contributed by atoms with Crippen LogP contribution in [0.15, 0.2) is 17.0 Å². The maximum Gasteiger partial charge on any atom is 0.244 e. The van der Waals surface area contributed by atoms with Crippen molar-refractivity contribution in [3.63, 3.8) is 0 Å². The van der Waals surface area contributed by atoms with E-state index < -0.39 is 10.0 Å². The lowest BCUT2D eigenvalue weighted by Gasteiger charge is -2.35. The van der Waals surface area contributed by atoms with E-state index in [2.05, 4.69) is 11.6 Å². The molecular weight excluding hydrogens is 340 g/mol. The van der Waals surface area contributed by atoms with Gasteiger partial charge in [-0.1, -0.05) is 6.92 Å². The number of carbonyl (C=O) groups excluding carboxylic acids is 1. The summed E-state index contributed by atoms with van der Waals surface area (Å²) in [5.41, 5.74) is 1.81. The molecule has 0 radical (unpaired) electrons. The number of piperidine rings is 1. The Kier molecular flexibility index (Phi) is 6.46. The van der Waals surface area contributed by atoms with Gasteiger partial charge in [0.05, 0.1) is 13.7 Å². The molecule has 1 heterocycles. The number of benzene rings is 1. The highest BCUT2D eigenvalue weighted by atomic mass is 32.2. The molecule has 1 saturated heterocycles. The number of carbonyl (C=O) groups is 1. The number of ether oxygens (including phenoxy) is 1. The van der Waals surface area contributed by atoms with Crippen molar-refractivity contribution in [3.8, 4) is 5.75 Å². The Morgan fingerprint density at radius 3 is 2.60 bits per heavy atom. The third-order valence-electron chi connectivity index (χ3n) is 4.90. The fraction of sp³-hybridized carbons (Fsp3) is 0.611. The van der Waals surface area contributed by atoms with Crippen LogP contribution < -0.4 is 9.46 Å². The molecule has 1 unspecified atom stereocenters. The maximum absolute atomic E-state index is 12.7. The molecule has 0 bridgehead atoms. The molecule has 1 atom stereocenters. The highest BCUT2D eigenvalue weighted by Crippen LogP contribution is 2.27. The Hall–Kier alpha value is -1.60. The lowest BCUT2D eigenvalue weighted by atomic mass is 10.00. The fourth-order valence-electron chi connectivity index (χ4n) is 3.22. The molecule has 0 aliphatic carbocycles. The Morgan fingerprint density at radius 1 is 1.28 bits per heavy atom. The SMILES string of the molecule is CCC1CCCCN1C(=O)CNS(=O)(=O)c1cc(C)c(C)cc1OC. The number of nitrogens with zero attached hydrogens (tertiary/aromatic N) is 1. The van der Waals surface area contributed by atoms with Crippen molar-refractivity contribution in [2.45, 2.75) is 57.4 Å². The molecule has 140 valence electrons. The first-order chi connectivity index (χ1) is 11.8. The van der Waals surface area contributed by atoms with Gasteiger partial charge >= 0.3 is 0 Å². The van der Waals surface area contributed by atoms with Crippen molar-refractivity contribution >= 4 is 15.9 Å². The molecule has 2 rings (SSSR count). The van der Waals surface area contributed by atoms with Gasteiger partial charge < -0.3 is 9.64 Å². The molecule has 0 aromatic heterocycles. The Labute approximate surface area is 150 Å². The van der Waals surface area contributed by atoms with E-state index in [1.54, 1.807) is 12.1 Å². The molecule has 1 aliphatic heterocycles. The average molecular weight is 368 g/mol. The minimum absolute atomic E-state index is 0.0663. The molecule has 1 fully saturated rings. The standard InChI is InChI=1S/C18H28N2O4S/c1-5-15-8-6-7-9-20(15)18(21)12-19-25(22,23)17-11-14(3)13(2)10-16(17)24-4/h10-11,15,19H,5-9,12H2,1-4H3. The Bertz CT molecular complexity index is 731. The third-order valence-corrected chi connectivity index (χ3v) is 6.32. The summed E-state index contributed by atoms with van der Waals surface area (Å²) < 4.78 is 33.0. The molecular formula is C18H28N2O4S. The van der Waals surface area contributed by atoms with Crippen molar-refractivity contribution in [2.75, 3.05) is 20.2 Å². The van der Waals surface area contributed by atoms with Crippen molar-refractivity contribution in [2.24, 2.45) is 0 Å². The number of methoxy groups -OCH3 is 1. The largest absolute Gasteiger partial charge is 0.495 e. The molecule has 0 spiro atoms. The van der Waals surface area contributed by atoms with Crippen LogP contribution in [0.3, 0.4) is 0 Å². The highest BCUT2D eigenvalue weighted by molar-refractivity contribution is 7.89. The number of nitrogens with one attached hydrogen (secondary N) is 1. The summed E-state index contributed by atoms with van der Waals surface area (Å²) in [5.74, 6) is 0.116. The number of hydrogen-bond acceptors (Lipinski definition) is 4. The van der Waals surface area contributed by atoms with Crippen LogP contribution in [0.5, 0.6) is 5.75 Å². The molecule has 7 heteroatoms. The molecule has 1 N–H and O–H groups in total. The van der Waals surface area contributed by atoms with Crippen LogP contribution in [0, 0.1) is 13.8 Å². The van der Waals surface area contributed by atoms with Crippen molar-refractivity contribution in [1.82, 2.24) is 9.62 Å². The van der Waals surface area contributed by atoms with Crippen LogP contribution in [0.25, 0.3) is 0 Å². The molecule has 25 heavy (non-hydrogen) atoms. The number of hydrogen-bond donors (Lipinski definition) is 1. The summed E-state index contributed by atoms with van der Waals surface area (Å²) >= 11 is 0. The van der Waals surface area contributed by atoms with E-state index >= 15 is 0 Å². The third kappa shape index (κ3) is 4.52. The zero-order chi connectivity index (χ0) is 18.6. The monoisotopic (exact) mass is 368 g/mol. The number of sulfonamides is 1. The lowest BCUT2D eigenvalue weighted by molar-refractivity contribution is -0.133. The van der Waals surface area contributed by atoms with E-state index in [0.29, 0.717) is 6.54 Å². The van der Waals surface area contributed by atoms with Crippen LogP contribution in [0.2, 0.25) is 0 Å². The van der Waals surface area contributed by atoms with Gasteiger partial charge in [0.2, 0.25) is 15.9 Å². The van der Waals surface area contributed by atoms with Gasteiger partial charge in [-0.3, -0.25) is 4.79 Å². The second kappa shape index (κ2) is 8.19. The predicted molar refractivity (Wildman–Crippen MR) is 97.3 cm³/mol. The topological polar surface area (TPSA) is 75.7 Å². The van der Waals surface area contributed by atoms with Crippen LogP contribution in [-0.4, -0.2) is 45.5 Å². The van der Waals surface area contributed by atoms with Gasteiger partial charge in [0, 0.05) is 12.6 Å². The molecule has 6 nitrogen and oxygen atoms in total. The van der Waals surface area contributed by atoms with Gasteiger partial charge in [0.25, 0.3) is 0 Å². The van der Waals surface area contributed by atoms with E-state index in [0.717, 1.165) is 36.8 Å². The van der Waals surface area contributed by atoms with Crippen LogP contribution in [0.1, 0.15) is 43.7 Å². The van der Waals surface area contributed by atoms with Gasteiger partial charge in [-0.2, -0.15) is 0 Å². The summed E-state index contributed by atoms with van der Waals surface area (Å²) in [6.07, 6.45) is 3.97. The average Bonchev–Trinajstić information content (AvgIpc) is 2.61. The van der Waals surface area contributed by atoms with Gasteiger partial charge in [0.1, 0.15) is 10.6 Å². The normalized spacial score (nSPS) is 18.2. The van der Waals surface area contributed by atoms with Gasteiger partial charge in [-0.25, -0.2) is 13.1 Å². The fourth-order valence-corrected chi connectivity index (χ4v) is 4.43. The molecule has 1 aliphatic rings. The number of aryl methyl sites for hydroxylation is 2. The van der Waals surface area contributed by atoms with Crippen molar-refractivity contribution in [1.29, 1.82) is 0 Å². The van der Waals surface area contributed by atoms with Crippen LogP contribution in [0.4, 0.5) is 0 Å². The summed E-state index contributed by atoms with van der Waals surface area (Å²) in [4.78, 5) is 14.4. The Morgan fingerprint density at radius 2 is 1.96 bits per heavy atom. The summed E-state index contributed by atoms with van der Waals surface area (Å²) in [6, 6.07) is 3.49. The first-order valence-corrected chi connectivity index (χ1v) is 10.2. The molecule has 1 aromatic carbocycles. The molecule has 0 saturated carbocycles. The molecule has 1 aromatic rings. The van der Waals surface area contributed by atoms with E-state index in [4.69, 9.17) is 4.74 Å².